The Kier molecular flexibility index (Phi) is 8.08. The summed E-state index contributed by atoms with van der Waals surface area (Å²) in [5.41, 5.74) is -0.479. The first-order chi connectivity index (χ1) is 16.4. The summed E-state index contributed by atoms with van der Waals surface area (Å²) in [6.07, 6.45) is 2.38. The van der Waals surface area contributed by atoms with Crippen LogP contribution >= 0.6 is 0 Å². The first-order valence-corrected chi connectivity index (χ1v) is 10.3. The van der Waals surface area contributed by atoms with Gasteiger partial charge in [-0.25, -0.2) is 4.79 Å². The van der Waals surface area contributed by atoms with Crippen LogP contribution in [0.3, 0.4) is 0 Å². The van der Waals surface area contributed by atoms with E-state index >= 15 is 0 Å². The van der Waals surface area contributed by atoms with Gasteiger partial charge in [0.1, 0.15) is 11.5 Å². The number of rotatable bonds is 10. The zero-order valence-electron chi connectivity index (χ0n) is 18.3. The first-order valence-electron chi connectivity index (χ1n) is 10.3. The van der Waals surface area contributed by atoms with Gasteiger partial charge in [0.05, 0.1) is 23.6 Å². The van der Waals surface area contributed by atoms with Gasteiger partial charge in [0.2, 0.25) is 5.91 Å². The van der Waals surface area contributed by atoms with Gasteiger partial charge in [-0.15, -0.1) is 0 Å². The smallest absolute Gasteiger partial charge is 0.330 e. The molecule has 0 radical (unpaired) electrons. The summed E-state index contributed by atoms with van der Waals surface area (Å²) < 4.78 is 6.21. The number of benzene rings is 2. The second kappa shape index (κ2) is 11.4. The SMILES string of the molecule is COCCn1c(NC(=O)/C=C/c2ccccc2[N+](=O)[O-])c(NCc2ccccc2)c(=O)[nH]c1=O. The Morgan fingerprint density at radius 1 is 1.15 bits per heavy atom. The van der Waals surface area contributed by atoms with Gasteiger partial charge in [0.15, 0.2) is 0 Å². The fraction of sp³-hybridized carbons (Fsp3) is 0.174. The van der Waals surface area contributed by atoms with Crippen LogP contribution in [-0.2, 0) is 22.6 Å². The Labute approximate surface area is 193 Å². The Bertz CT molecular complexity index is 1310. The lowest BCUT2D eigenvalue weighted by atomic mass is 10.1. The third-order valence-electron chi connectivity index (χ3n) is 4.82. The summed E-state index contributed by atoms with van der Waals surface area (Å²) in [5, 5.41) is 16.7. The highest BCUT2D eigenvalue weighted by Crippen LogP contribution is 2.20. The van der Waals surface area contributed by atoms with Crippen molar-refractivity contribution >= 4 is 29.2 Å². The number of nitrogens with one attached hydrogen (secondary N) is 3. The first kappa shape index (κ1) is 24.1. The molecular formula is C23H23N5O6. The predicted molar refractivity (Wildman–Crippen MR) is 128 cm³/mol. The maximum atomic E-state index is 12.7. The highest BCUT2D eigenvalue weighted by molar-refractivity contribution is 6.03. The summed E-state index contributed by atoms with van der Waals surface area (Å²) in [6.45, 7) is 0.482. The van der Waals surface area contributed by atoms with E-state index in [1.165, 1.54) is 36.0 Å². The molecule has 1 aromatic heterocycles. The molecule has 0 saturated carbocycles. The molecule has 2 aromatic carbocycles. The van der Waals surface area contributed by atoms with Gasteiger partial charge in [0, 0.05) is 25.8 Å². The van der Waals surface area contributed by atoms with Crippen molar-refractivity contribution in [3.63, 3.8) is 0 Å². The molecule has 0 bridgehead atoms. The maximum absolute atomic E-state index is 12.7. The van der Waals surface area contributed by atoms with Crippen LogP contribution in [0.1, 0.15) is 11.1 Å². The molecule has 3 rings (SSSR count). The zero-order chi connectivity index (χ0) is 24.5. The number of carbonyl (C=O) groups excluding carboxylic acids is 1. The van der Waals surface area contributed by atoms with Gasteiger partial charge >= 0.3 is 5.69 Å². The van der Waals surface area contributed by atoms with E-state index in [0.717, 1.165) is 11.6 Å². The largest absolute Gasteiger partial charge is 0.383 e. The minimum Gasteiger partial charge on any atom is -0.383 e. The molecule has 0 unspecified atom stereocenters. The lowest BCUT2D eigenvalue weighted by molar-refractivity contribution is -0.385. The molecule has 1 heterocycles. The normalized spacial score (nSPS) is 10.9. The zero-order valence-corrected chi connectivity index (χ0v) is 18.3. The number of anilines is 2. The van der Waals surface area contributed by atoms with Gasteiger partial charge in [-0.2, -0.15) is 0 Å². The lowest BCUT2D eigenvalue weighted by Crippen LogP contribution is -2.36. The highest BCUT2D eigenvalue weighted by Gasteiger charge is 2.17. The molecule has 0 saturated heterocycles. The Balaban J connectivity index is 1.94. The van der Waals surface area contributed by atoms with Gasteiger partial charge in [-0.1, -0.05) is 42.5 Å². The molecular weight excluding hydrogens is 442 g/mol. The topological polar surface area (TPSA) is 148 Å². The Hall–Kier alpha value is -4.51. The van der Waals surface area contributed by atoms with E-state index in [0.29, 0.717) is 0 Å². The number of methoxy groups -OCH3 is 1. The summed E-state index contributed by atoms with van der Waals surface area (Å²) in [6, 6.07) is 15.2. The molecule has 0 aliphatic carbocycles. The molecule has 3 N–H and O–H groups in total. The molecule has 0 atom stereocenters. The van der Waals surface area contributed by atoms with E-state index in [-0.39, 0.29) is 42.5 Å². The van der Waals surface area contributed by atoms with Crippen LogP contribution in [0.15, 0.2) is 70.3 Å². The van der Waals surface area contributed by atoms with Crippen molar-refractivity contribution in [1.29, 1.82) is 0 Å². The van der Waals surface area contributed by atoms with Gasteiger partial charge in [-0.05, 0) is 17.7 Å². The molecule has 0 fully saturated rings. The quantitative estimate of drug-likeness (QED) is 0.236. The van der Waals surface area contributed by atoms with Crippen molar-refractivity contribution < 1.29 is 14.5 Å². The average molecular weight is 465 g/mol. The van der Waals surface area contributed by atoms with Crippen LogP contribution < -0.4 is 21.9 Å². The summed E-state index contributed by atoms with van der Waals surface area (Å²) in [4.78, 5) is 50.6. The number of amides is 1. The molecule has 0 aliphatic rings. The minimum absolute atomic E-state index is 0.00741. The van der Waals surface area contributed by atoms with E-state index in [1.54, 1.807) is 6.07 Å². The number of H-pyrrole nitrogens is 1. The number of hydrogen-bond donors (Lipinski definition) is 3. The second-order valence-electron chi connectivity index (χ2n) is 7.10. The molecule has 0 aliphatic heterocycles. The highest BCUT2D eigenvalue weighted by atomic mass is 16.6. The third-order valence-corrected chi connectivity index (χ3v) is 4.82. The minimum atomic E-state index is -0.717. The number of nitro groups is 1. The van der Waals surface area contributed by atoms with Crippen molar-refractivity contribution in [2.75, 3.05) is 24.4 Å². The van der Waals surface area contributed by atoms with Crippen LogP contribution in [0, 0.1) is 10.1 Å². The Morgan fingerprint density at radius 3 is 2.56 bits per heavy atom. The van der Waals surface area contributed by atoms with Gasteiger partial charge in [-0.3, -0.25) is 29.3 Å². The number of ether oxygens (including phenoxy) is 1. The maximum Gasteiger partial charge on any atom is 0.330 e. The molecule has 176 valence electrons. The Morgan fingerprint density at radius 2 is 1.85 bits per heavy atom. The number of nitro benzene ring substituents is 1. The number of aromatic amines is 1. The summed E-state index contributed by atoms with van der Waals surface area (Å²) in [5.74, 6) is -0.726. The van der Waals surface area contributed by atoms with Gasteiger partial charge < -0.3 is 15.4 Å². The number of nitrogens with zero attached hydrogens (tertiary/aromatic N) is 2. The van der Waals surface area contributed by atoms with Crippen LogP contribution in [0.5, 0.6) is 0 Å². The van der Waals surface area contributed by atoms with E-state index in [4.69, 9.17) is 4.74 Å². The number of carbonyl (C=O) groups is 1. The van der Waals surface area contributed by atoms with Crippen molar-refractivity contribution in [3.8, 4) is 0 Å². The fourth-order valence-electron chi connectivity index (χ4n) is 3.17. The third kappa shape index (κ3) is 6.04. The van der Waals surface area contributed by atoms with Crippen molar-refractivity contribution in [1.82, 2.24) is 9.55 Å². The van der Waals surface area contributed by atoms with E-state index in [2.05, 4.69) is 15.6 Å². The van der Waals surface area contributed by atoms with Crippen molar-refractivity contribution in [2.45, 2.75) is 13.1 Å². The predicted octanol–water partition coefficient (Wildman–Crippen LogP) is 2.36. The summed E-state index contributed by atoms with van der Waals surface area (Å²) in [7, 11) is 1.46. The standard InChI is InChI=1S/C23H23N5O6/c1-34-14-13-27-21(25-19(29)12-11-17-9-5-6-10-18(17)28(32)33)20(22(30)26-23(27)31)24-15-16-7-3-2-4-8-16/h2-12,24H,13-15H2,1H3,(H,25,29)(H,26,30,31)/b12-11+. The van der Waals surface area contributed by atoms with Crippen LogP contribution in [0.2, 0.25) is 0 Å². The van der Waals surface area contributed by atoms with Crippen LogP contribution in [-0.4, -0.2) is 34.1 Å². The molecule has 34 heavy (non-hydrogen) atoms. The van der Waals surface area contributed by atoms with Crippen molar-refractivity contribution in [3.05, 3.63) is 103 Å². The van der Waals surface area contributed by atoms with Crippen LogP contribution in [0.4, 0.5) is 17.2 Å². The van der Waals surface area contributed by atoms with E-state index < -0.39 is 22.1 Å². The fourth-order valence-corrected chi connectivity index (χ4v) is 3.17. The molecule has 1 amide bonds. The molecule has 3 aromatic rings. The molecule has 11 heteroatoms. The number of hydrogen-bond acceptors (Lipinski definition) is 7. The summed E-state index contributed by atoms with van der Waals surface area (Å²) >= 11 is 0. The van der Waals surface area contributed by atoms with E-state index in [9.17, 15) is 24.5 Å². The second-order valence-corrected chi connectivity index (χ2v) is 7.10. The monoisotopic (exact) mass is 465 g/mol. The number of aromatic nitrogens is 2. The van der Waals surface area contributed by atoms with Crippen molar-refractivity contribution in [2.24, 2.45) is 0 Å². The molecule has 11 nitrogen and oxygen atoms in total. The van der Waals surface area contributed by atoms with Gasteiger partial charge in [0.25, 0.3) is 11.2 Å². The van der Waals surface area contributed by atoms with E-state index in [1.807, 2.05) is 30.3 Å². The molecule has 0 spiro atoms. The average Bonchev–Trinajstić information content (AvgIpc) is 2.83. The van der Waals surface area contributed by atoms with Crippen LogP contribution in [0.25, 0.3) is 6.08 Å². The lowest BCUT2D eigenvalue weighted by Gasteiger charge is -2.17. The number of para-hydroxylation sites is 1.